The van der Waals surface area contributed by atoms with Crippen molar-refractivity contribution in [3.8, 4) is 5.75 Å². The van der Waals surface area contributed by atoms with Gasteiger partial charge in [-0.3, -0.25) is 4.79 Å². The number of hydrogen-bond donors (Lipinski definition) is 1. The van der Waals surface area contributed by atoms with Gasteiger partial charge >= 0.3 is 29.6 Å². The van der Waals surface area contributed by atoms with E-state index in [1.165, 1.54) is 18.2 Å². The smallest absolute Gasteiger partial charge is 0.776 e. The molecule has 0 saturated heterocycles. The molecule has 0 spiro atoms. The van der Waals surface area contributed by atoms with Crippen molar-refractivity contribution in [3.05, 3.63) is 23.8 Å². The standard InChI is InChI=1S/C7H5ClO2S.Na/c8-7(10)4-1-2-6(11)5(9)3-4;/h1-3,9,11H;/q;+1/p-1. The Morgan fingerprint density at radius 2 is 2.08 bits per heavy atom. The van der Waals surface area contributed by atoms with Crippen molar-refractivity contribution >= 4 is 29.5 Å². The van der Waals surface area contributed by atoms with Gasteiger partial charge in [-0.1, -0.05) is 12.1 Å². The second-order valence-corrected chi connectivity index (χ2v) is 2.74. The van der Waals surface area contributed by atoms with Crippen LogP contribution >= 0.6 is 11.6 Å². The molecule has 0 fully saturated rings. The number of phenolic OH excluding ortho intramolecular Hbond substituents is 1. The minimum Gasteiger partial charge on any atom is -0.776 e. The number of carbonyl (C=O) groups is 1. The van der Waals surface area contributed by atoms with Crippen molar-refractivity contribution in [2.75, 3.05) is 0 Å². The third-order valence-corrected chi connectivity index (χ3v) is 1.75. The fourth-order valence-corrected chi connectivity index (χ4v) is 0.884. The summed E-state index contributed by atoms with van der Waals surface area (Å²) in [6, 6.07) is 4.18. The van der Waals surface area contributed by atoms with E-state index in [0.717, 1.165) is 0 Å². The van der Waals surface area contributed by atoms with Crippen LogP contribution in [0.1, 0.15) is 10.4 Å². The Bertz CT molecular complexity index is 303. The summed E-state index contributed by atoms with van der Waals surface area (Å²) in [5.74, 6) is -0.0912. The zero-order valence-electron chi connectivity index (χ0n) is 6.37. The van der Waals surface area contributed by atoms with Gasteiger partial charge in [-0.05, 0) is 17.7 Å². The van der Waals surface area contributed by atoms with Gasteiger partial charge in [-0.15, -0.1) is 4.90 Å². The summed E-state index contributed by atoms with van der Waals surface area (Å²) < 4.78 is 0. The third-order valence-electron chi connectivity index (χ3n) is 1.19. The van der Waals surface area contributed by atoms with Crippen LogP contribution in [-0.4, -0.2) is 10.3 Å². The van der Waals surface area contributed by atoms with Gasteiger partial charge in [-0.2, -0.15) is 0 Å². The molecule has 0 aliphatic heterocycles. The molecule has 1 aromatic rings. The SMILES string of the molecule is O=C(Cl)c1ccc([S-])c(O)c1.[Na+]. The molecule has 0 aromatic heterocycles. The first-order chi connectivity index (χ1) is 5.11. The van der Waals surface area contributed by atoms with Gasteiger partial charge in [0.05, 0.1) is 5.75 Å². The van der Waals surface area contributed by atoms with Crippen LogP contribution in [0.15, 0.2) is 23.1 Å². The predicted molar refractivity (Wildman–Crippen MR) is 43.9 cm³/mol. The molecule has 0 unspecified atom stereocenters. The van der Waals surface area contributed by atoms with Crippen LogP contribution in [0.2, 0.25) is 0 Å². The van der Waals surface area contributed by atoms with Crippen molar-refractivity contribution < 1.29 is 39.5 Å². The van der Waals surface area contributed by atoms with Crippen molar-refractivity contribution in [2.24, 2.45) is 0 Å². The molecular weight excluding hydrogens is 207 g/mol. The molecule has 1 aromatic carbocycles. The van der Waals surface area contributed by atoms with Crippen LogP contribution in [0.25, 0.3) is 0 Å². The number of phenols is 1. The van der Waals surface area contributed by atoms with E-state index in [0.29, 0.717) is 4.90 Å². The number of halogens is 1. The summed E-state index contributed by atoms with van der Waals surface area (Å²) in [4.78, 5) is 10.8. The van der Waals surface area contributed by atoms with E-state index in [4.69, 9.17) is 29.3 Å². The van der Waals surface area contributed by atoms with E-state index in [2.05, 4.69) is 0 Å². The molecule has 0 bridgehead atoms. The Kier molecular flexibility index (Phi) is 5.13. The average molecular weight is 211 g/mol. The Labute approximate surface area is 103 Å². The Hall–Kier alpha value is 0.200. The van der Waals surface area contributed by atoms with Crippen LogP contribution < -0.4 is 29.6 Å². The molecule has 5 heteroatoms. The van der Waals surface area contributed by atoms with E-state index in [-0.39, 0.29) is 40.9 Å². The summed E-state index contributed by atoms with van der Waals surface area (Å²) >= 11 is 9.84. The van der Waals surface area contributed by atoms with E-state index >= 15 is 0 Å². The summed E-state index contributed by atoms with van der Waals surface area (Å²) in [5.41, 5.74) is 0.248. The second kappa shape index (κ2) is 5.04. The maximum atomic E-state index is 10.5. The van der Waals surface area contributed by atoms with E-state index in [1.54, 1.807) is 0 Å². The molecule has 0 atom stereocenters. The van der Waals surface area contributed by atoms with Gasteiger partial charge in [0.1, 0.15) is 0 Å². The molecule has 0 aliphatic rings. The molecule has 2 nitrogen and oxygen atoms in total. The molecule has 0 radical (unpaired) electrons. The Balaban J connectivity index is 0.00000121. The summed E-state index contributed by atoms with van der Waals surface area (Å²) in [5, 5.41) is 8.43. The largest absolute Gasteiger partial charge is 1.00 e. The second-order valence-electron chi connectivity index (χ2n) is 1.96. The fraction of sp³-hybridized carbons (Fsp3) is 0. The zero-order valence-corrected chi connectivity index (χ0v) is 9.95. The average Bonchev–Trinajstić information content (AvgIpc) is 1.94. The molecule has 12 heavy (non-hydrogen) atoms. The zero-order chi connectivity index (χ0) is 8.43. The van der Waals surface area contributed by atoms with Crippen LogP contribution in [0.4, 0.5) is 0 Å². The van der Waals surface area contributed by atoms with Gasteiger partial charge in [0.25, 0.3) is 5.24 Å². The minimum atomic E-state index is -0.602. The quantitative estimate of drug-likeness (QED) is 0.355. The predicted octanol–water partition coefficient (Wildman–Crippen LogP) is -1.32. The monoisotopic (exact) mass is 210 g/mol. The number of carbonyl (C=O) groups excluding carboxylic acids is 1. The number of aromatic hydroxyl groups is 1. The van der Waals surface area contributed by atoms with Gasteiger partial charge in [0, 0.05) is 5.56 Å². The first kappa shape index (κ1) is 12.2. The van der Waals surface area contributed by atoms with Gasteiger partial charge in [-0.25, -0.2) is 0 Å². The summed E-state index contributed by atoms with van der Waals surface area (Å²) in [7, 11) is 0. The topological polar surface area (TPSA) is 37.3 Å². The number of hydrogen-bond acceptors (Lipinski definition) is 3. The molecule has 0 heterocycles. The molecule has 1 rings (SSSR count). The van der Waals surface area contributed by atoms with Crippen molar-refractivity contribution in [1.29, 1.82) is 0 Å². The van der Waals surface area contributed by atoms with Crippen LogP contribution in [-0.2, 0) is 12.6 Å². The minimum absolute atomic E-state index is 0. The molecule has 1 N–H and O–H groups in total. The van der Waals surface area contributed by atoms with E-state index < -0.39 is 5.24 Å². The third kappa shape index (κ3) is 2.92. The molecule has 0 amide bonds. The Morgan fingerprint density at radius 3 is 2.50 bits per heavy atom. The van der Waals surface area contributed by atoms with Gasteiger partial charge in [0.2, 0.25) is 0 Å². The van der Waals surface area contributed by atoms with E-state index in [9.17, 15) is 4.79 Å². The summed E-state index contributed by atoms with van der Waals surface area (Å²) in [6.07, 6.45) is 0. The summed E-state index contributed by atoms with van der Waals surface area (Å²) in [6.45, 7) is 0. The number of rotatable bonds is 1. The van der Waals surface area contributed by atoms with Crippen LogP contribution in [0.3, 0.4) is 0 Å². The molecular formula is C7H4ClNaO2S. The molecule has 0 aliphatic carbocycles. The maximum absolute atomic E-state index is 10.5. The van der Waals surface area contributed by atoms with Crippen molar-refractivity contribution in [2.45, 2.75) is 4.90 Å². The Morgan fingerprint density at radius 1 is 1.50 bits per heavy atom. The normalized spacial score (nSPS) is 8.75. The van der Waals surface area contributed by atoms with Crippen molar-refractivity contribution in [3.63, 3.8) is 0 Å². The van der Waals surface area contributed by atoms with Crippen LogP contribution in [0, 0.1) is 0 Å². The first-order valence-electron chi connectivity index (χ1n) is 2.81. The molecule has 58 valence electrons. The van der Waals surface area contributed by atoms with Gasteiger partial charge in [0.15, 0.2) is 0 Å². The van der Waals surface area contributed by atoms with Crippen molar-refractivity contribution in [1.82, 2.24) is 0 Å². The number of benzene rings is 1. The fourth-order valence-electron chi connectivity index (χ4n) is 0.640. The molecule has 0 saturated carbocycles. The maximum Gasteiger partial charge on any atom is 1.00 e. The first-order valence-corrected chi connectivity index (χ1v) is 3.60. The van der Waals surface area contributed by atoms with Crippen LogP contribution in [0.5, 0.6) is 5.75 Å². The van der Waals surface area contributed by atoms with E-state index in [1.807, 2.05) is 0 Å². The van der Waals surface area contributed by atoms with Gasteiger partial charge < -0.3 is 17.7 Å².